The molecule has 0 bridgehead atoms. The van der Waals surface area contributed by atoms with E-state index >= 15 is 0 Å². The van der Waals surface area contributed by atoms with Crippen LogP contribution in [0.15, 0.2) is 24.3 Å². The van der Waals surface area contributed by atoms with Gasteiger partial charge >= 0.3 is 5.97 Å². The summed E-state index contributed by atoms with van der Waals surface area (Å²) < 4.78 is 0. The third-order valence-corrected chi connectivity index (χ3v) is 3.33. The number of hydrogen-bond donors (Lipinski definition) is 1. The van der Waals surface area contributed by atoms with E-state index in [4.69, 9.17) is 5.11 Å². The first kappa shape index (κ1) is 14.0. The molecule has 1 aromatic carbocycles. The summed E-state index contributed by atoms with van der Waals surface area (Å²) in [6.07, 6.45) is 1.10. The van der Waals surface area contributed by atoms with Crippen LogP contribution in [0.4, 0.5) is 5.69 Å². The molecule has 0 aliphatic carbocycles. The molecule has 1 aliphatic heterocycles. The number of carbonyl (C=O) groups is 2. The first-order valence-electron chi connectivity index (χ1n) is 6.24. The monoisotopic (exact) mass is 278 g/mol. The van der Waals surface area contributed by atoms with E-state index in [1.807, 2.05) is 0 Å². The van der Waals surface area contributed by atoms with Crippen LogP contribution >= 0.6 is 0 Å². The van der Waals surface area contributed by atoms with Crippen molar-refractivity contribution in [2.24, 2.45) is 0 Å². The minimum Gasteiger partial charge on any atom is -0.480 e. The van der Waals surface area contributed by atoms with Crippen molar-refractivity contribution in [1.82, 2.24) is 4.90 Å². The summed E-state index contributed by atoms with van der Waals surface area (Å²) in [6, 6.07) is 5.05. The molecule has 1 heterocycles. The maximum Gasteiger partial charge on any atom is 0.326 e. The highest BCUT2D eigenvalue weighted by atomic mass is 16.6. The van der Waals surface area contributed by atoms with Gasteiger partial charge in [-0.15, -0.1) is 0 Å². The molecule has 7 nitrogen and oxygen atoms in total. The van der Waals surface area contributed by atoms with Gasteiger partial charge in [0, 0.05) is 18.7 Å². The van der Waals surface area contributed by atoms with Gasteiger partial charge in [-0.2, -0.15) is 0 Å². The Kier molecular flexibility index (Phi) is 3.97. The summed E-state index contributed by atoms with van der Waals surface area (Å²) in [4.78, 5) is 34.6. The molecule has 0 spiro atoms. The topological polar surface area (TPSA) is 101 Å². The maximum absolute atomic E-state index is 12.1. The SMILES string of the molecule is O=C(O)[C@H]1CCCN1C(=O)Cc1cccc([N+](=O)[O-])c1. The lowest BCUT2D eigenvalue weighted by molar-refractivity contribution is -0.384. The Morgan fingerprint density at radius 1 is 1.45 bits per heavy atom. The van der Waals surface area contributed by atoms with Gasteiger partial charge in [0.15, 0.2) is 0 Å². The highest BCUT2D eigenvalue weighted by Crippen LogP contribution is 2.20. The molecule has 0 saturated carbocycles. The van der Waals surface area contributed by atoms with Crippen LogP contribution in [0.5, 0.6) is 0 Å². The summed E-state index contributed by atoms with van der Waals surface area (Å²) in [5.41, 5.74) is 0.437. The zero-order valence-corrected chi connectivity index (χ0v) is 10.7. The Balaban J connectivity index is 2.09. The van der Waals surface area contributed by atoms with Crippen LogP contribution in [-0.4, -0.2) is 39.4 Å². The molecule has 2 rings (SSSR count). The van der Waals surface area contributed by atoms with Gasteiger partial charge in [0.25, 0.3) is 5.69 Å². The fourth-order valence-corrected chi connectivity index (χ4v) is 2.38. The molecule has 7 heteroatoms. The molecule has 106 valence electrons. The third-order valence-electron chi connectivity index (χ3n) is 3.33. The van der Waals surface area contributed by atoms with E-state index in [9.17, 15) is 19.7 Å². The number of hydrogen-bond acceptors (Lipinski definition) is 4. The van der Waals surface area contributed by atoms with Crippen molar-refractivity contribution in [2.75, 3.05) is 6.54 Å². The molecule has 0 unspecified atom stereocenters. The number of likely N-dealkylation sites (tertiary alicyclic amines) is 1. The van der Waals surface area contributed by atoms with Crippen LogP contribution in [0.2, 0.25) is 0 Å². The Morgan fingerprint density at radius 2 is 2.20 bits per heavy atom. The van der Waals surface area contributed by atoms with E-state index in [0.717, 1.165) is 0 Å². The minimum absolute atomic E-state index is 0.0224. The Labute approximate surface area is 115 Å². The number of nitrogens with zero attached hydrogens (tertiary/aromatic N) is 2. The van der Waals surface area contributed by atoms with E-state index < -0.39 is 16.9 Å². The molecule has 1 fully saturated rings. The number of rotatable bonds is 4. The fourth-order valence-electron chi connectivity index (χ4n) is 2.38. The molecular weight excluding hydrogens is 264 g/mol. The van der Waals surface area contributed by atoms with Crippen molar-refractivity contribution in [3.05, 3.63) is 39.9 Å². The van der Waals surface area contributed by atoms with Crippen molar-refractivity contribution in [3.8, 4) is 0 Å². The van der Waals surface area contributed by atoms with Gasteiger partial charge in [-0.05, 0) is 18.4 Å². The molecule has 0 radical (unpaired) electrons. The summed E-state index contributed by atoms with van der Waals surface area (Å²) in [5, 5.41) is 19.7. The van der Waals surface area contributed by atoms with E-state index in [-0.39, 0.29) is 18.0 Å². The van der Waals surface area contributed by atoms with Gasteiger partial charge in [-0.1, -0.05) is 12.1 Å². The standard InChI is InChI=1S/C13H14N2O5/c16-12(14-6-2-5-11(14)13(17)18)8-9-3-1-4-10(7-9)15(19)20/h1,3-4,7,11H,2,5-6,8H2,(H,17,18)/t11-/m1/s1. The highest BCUT2D eigenvalue weighted by Gasteiger charge is 2.33. The molecule has 20 heavy (non-hydrogen) atoms. The number of nitro groups is 1. The summed E-state index contributed by atoms with van der Waals surface area (Å²) in [7, 11) is 0. The molecule has 1 aliphatic rings. The number of aliphatic carboxylic acids is 1. The number of amides is 1. The lowest BCUT2D eigenvalue weighted by Crippen LogP contribution is -2.41. The molecule has 1 N–H and O–H groups in total. The van der Waals surface area contributed by atoms with Crippen LogP contribution in [0.1, 0.15) is 18.4 Å². The number of benzene rings is 1. The van der Waals surface area contributed by atoms with Crippen LogP contribution in [-0.2, 0) is 16.0 Å². The lowest BCUT2D eigenvalue weighted by atomic mass is 10.1. The maximum atomic E-state index is 12.1. The first-order chi connectivity index (χ1) is 9.49. The van der Waals surface area contributed by atoms with Gasteiger partial charge in [0.2, 0.25) is 5.91 Å². The number of carboxylic acid groups (broad SMARTS) is 1. The van der Waals surface area contributed by atoms with Gasteiger partial charge in [0.05, 0.1) is 11.3 Å². The van der Waals surface area contributed by atoms with E-state index in [1.165, 1.54) is 23.1 Å². The van der Waals surface area contributed by atoms with Crippen molar-refractivity contribution in [3.63, 3.8) is 0 Å². The van der Waals surface area contributed by atoms with E-state index in [0.29, 0.717) is 24.9 Å². The normalized spacial score (nSPS) is 18.0. The van der Waals surface area contributed by atoms with Crippen molar-refractivity contribution >= 4 is 17.6 Å². The quantitative estimate of drug-likeness (QED) is 0.659. The predicted octanol–water partition coefficient (Wildman–Crippen LogP) is 1.21. The summed E-state index contributed by atoms with van der Waals surface area (Å²) >= 11 is 0. The summed E-state index contributed by atoms with van der Waals surface area (Å²) in [5.74, 6) is -1.31. The van der Waals surface area contributed by atoms with Gasteiger partial charge in [0.1, 0.15) is 6.04 Å². The molecule has 1 amide bonds. The van der Waals surface area contributed by atoms with Gasteiger partial charge < -0.3 is 10.0 Å². The summed E-state index contributed by atoms with van der Waals surface area (Å²) in [6.45, 7) is 0.421. The average molecular weight is 278 g/mol. The van der Waals surface area contributed by atoms with E-state index in [1.54, 1.807) is 6.07 Å². The minimum atomic E-state index is -1.00. The van der Waals surface area contributed by atoms with Gasteiger partial charge in [-0.25, -0.2) is 4.79 Å². The molecular formula is C13H14N2O5. The fraction of sp³-hybridized carbons (Fsp3) is 0.385. The lowest BCUT2D eigenvalue weighted by Gasteiger charge is -2.21. The zero-order chi connectivity index (χ0) is 14.7. The first-order valence-corrected chi connectivity index (χ1v) is 6.24. The van der Waals surface area contributed by atoms with Crippen LogP contribution in [0, 0.1) is 10.1 Å². The highest BCUT2D eigenvalue weighted by molar-refractivity contribution is 5.85. The van der Waals surface area contributed by atoms with E-state index in [2.05, 4.69) is 0 Å². The largest absolute Gasteiger partial charge is 0.480 e. The second-order valence-electron chi connectivity index (χ2n) is 4.69. The third kappa shape index (κ3) is 2.93. The van der Waals surface area contributed by atoms with Crippen LogP contribution in [0.25, 0.3) is 0 Å². The molecule has 1 aromatic rings. The van der Waals surface area contributed by atoms with Crippen molar-refractivity contribution in [2.45, 2.75) is 25.3 Å². The zero-order valence-electron chi connectivity index (χ0n) is 10.7. The number of non-ortho nitro benzene ring substituents is 1. The van der Waals surface area contributed by atoms with Crippen molar-refractivity contribution < 1.29 is 19.6 Å². The van der Waals surface area contributed by atoms with Crippen molar-refractivity contribution in [1.29, 1.82) is 0 Å². The molecule has 0 aromatic heterocycles. The Bertz CT molecular complexity index is 557. The smallest absolute Gasteiger partial charge is 0.326 e. The van der Waals surface area contributed by atoms with Crippen LogP contribution < -0.4 is 0 Å². The van der Waals surface area contributed by atoms with Crippen LogP contribution in [0.3, 0.4) is 0 Å². The molecule has 1 saturated heterocycles. The van der Waals surface area contributed by atoms with Gasteiger partial charge in [-0.3, -0.25) is 14.9 Å². The number of nitro benzene ring substituents is 1. The predicted molar refractivity (Wildman–Crippen MR) is 69.2 cm³/mol. The number of carbonyl (C=O) groups excluding carboxylic acids is 1. The Morgan fingerprint density at radius 3 is 2.85 bits per heavy atom. The Hall–Kier alpha value is -2.44. The molecule has 1 atom stereocenters. The second kappa shape index (κ2) is 5.68. The average Bonchev–Trinajstić information content (AvgIpc) is 2.88. The number of carboxylic acids is 1. The second-order valence-corrected chi connectivity index (χ2v) is 4.69.